The Balaban J connectivity index is 2.17. The molecule has 0 bridgehead atoms. The number of aromatic nitrogens is 1. The van der Waals surface area contributed by atoms with Crippen molar-refractivity contribution >= 4 is 18.0 Å². The molecule has 1 heterocycles. The maximum Gasteiger partial charge on any atom is 0.276 e. The molecule has 7 nitrogen and oxygen atoms in total. The van der Waals surface area contributed by atoms with E-state index in [4.69, 9.17) is 5.21 Å². The van der Waals surface area contributed by atoms with Gasteiger partial charge in [0.25, 0.3) is 11.8 Å². The molecule has 0 aliphatic rings. The highest BCUT2D eigenvalue weighted by molar-refractivity contribution is 5.96. The lowest BCUT2D eigenvalue weighted by atomic mass is 10.1. The van der Waals surface area contributed by atoms with Gasteiger partial charge in [-0.2, -0.15) is 5.10 Å². The summed E-state index contributed by atoms with van der Waals surface area (Å²) in [5.41, 5.74) is 1.07. The summed E-state index contributed by atoms with van der Waals surface area (Å²) in [5, 5.41) is 13.1. The normalized spacial score (nSPS) is 10.7. The number of nitrogens with one attached hydrogen (secondary N) is 1. The number of halogens is 2. The number of hydrogen-bond acceptors (Lipinski definition) is 5. The van der Waals surface area contributed by atoms with Gasteiger partial charge in [0.1, 0.15) is 5.82 Å². The Morgan fingerprint density at radius 2 is 2.04 bits per heavy atom. The van der Waals surface area contributed by atoms with Crippen molar-refractivity contribution in [3.63, 3.8) is 0 Å². The Kier molecular flexibility index (Phi) is 5.27. The summed E-state index contributed by atoms with van der Waals surface area (Å²) in [6.07, 6.45) is 3.21. The van der Waals surface area contributed by atoms with Crippen LogP contribution in [0.2, 0.25) is 0 Å². The Morgan fingerprint density at radius 1 is 1.29 bits per heavy atom. The number of pyridine rings is 1. The van der Waals surface area contributed by atoms with Gasteiger partial charge >= 0.3 is 0 Å². The zero-order valence-corrected chi connectivity index (χ0v) is 12.4. The van der Waals surface area contributed by atoms with Gasteiger partial charge in [-0.3, -0.25) is 19.8 Å². The Bertz CT molecular complexity index is 811. The van der Waals surface area contributed by atoms with Crippen LogP contribution in [-0.2, 0) is 0 Å². The predicted molar refractivity (Wildman–Crippen MR) is 79.5 cm³/mol. The van der Waals surface area contributed by atoms with E-state index in [1.165, 1.54) is 36.9 Å². The van der Waals surface area contributed by atoms with Crippen molar-refractivity contribution < 1.29 is 23.6 Å². The van der Waals surface area contributed by atoms with E-state index in [9.17, 15) is 18.4 Å². The Morgan fingerprint density at radius 3 is 2.67 bits per heavy atom. The van der Waals surface area contributed by atoms with Gasteiger partial charge < -0.3 is 0 Å². The summed E-state index contributed by atoms with van der Waals surface area (Å²) >= 11 is 0. The van der Waals surface area contributed by atoms with Gasteiger partial charge in [0, 0.05) is 24.4 Å². The molecule has 1 aromatic heterocycles. The van der Waals surface area contributed by atoms with E-state index in [1.807, 2.05) is 0 Å². The number of amides is 2. The summed E-state index contributed by atoms with van der Waals surface area (Å²) in [5.74, 6) is -3.17. The van der Waals surface area contributed by atoms with E-state index in [1.54, 1.807) is 0 Å². The second kappa shape index (κ2) is 7.38. The van der Waals surface area contributed by atoms with Crippen LogP contribution in [0.3, 0.4) is 0 Å². The summed E-state index contributed by atoms with van der Waals surface area (Å²) in [6.45, 7) is 0. The van der Waals surface area contributed by atoms with Crippen molar-refractivity contribution in [2.45, 2.75) is 0 Å². The lowest BCUT2D eigenvalue weighted by molar-refractivity contribution is 0.0705. The molecule has 124 valence electrons. The molecule has 9 heteroatoms. The number of nitrogens with zero attached hydrogens (tertiary/aromatic N) is 3. The highest BCUT2D eigenvalue weighted by atomic mass is 19.1. The molecule has 2 rings (SSSR count). The standard InChI is InChI=1S/C15H12F2N4O3/c1-21(15(23)11-4-5-18-8-13(11)17)19-7-10-3-2-9(6-12(10)16)14(22)20-24/h2-8,24H,1H3,(H,20,22)/b19-7+. The molecular weight excluding hydrogens is 322 g/mol. The molecule has 0 radical (unpaired) electrons. The fourth-order valence-corrected chi connectivity index (χ4v) is 1.76. The van der Waals surface area contributed by atoms with E-state index in [2.05, 4.69) is 10.1 Å². The van der Waals surface area contributed by atoms with Crippen molar-refractivity contribution in [2.75, 3.05) is 7.05 Å². The monoisotopic (exact) mass is 334 g/mol. The average molecular weight is 334 g/mol. The van der Waals surface area contributed by atoms with Gasteiger partial charge in [-0.05, 0) is 24.3 Å². The molecule has 2 N–H and O–H groups in total. The quantitative estimate of drug-likeness (QED) is 0.504. The number of hydrogen-bond donors (Lipinski definition) is 2. The lowest BCUT2D eigenvalue weighted by Gasteiger charge is -2.11. The smallest absolute Gasteiger partial charge is 0.276 e. The van der Waals surface area contributed by atoms with Gasteiger partial charge in [0.15, 0.2) is 5.82 Å². The van der Waals surface area contributed by atoms with Crippen LogP contribution in [0.15, 0.2) is 41.8 Å². The van der Waals surface area contributed by atoms with E-state index in [-0.39, 0.29) is 16.7 Å². The van der Waals surface area contributed by atoms with Crippen molar-refractivity contribution in [1.29, 1.82) is 0 Å². The summed E-state index contributed by atoms with van der Waals surface area (Å²) in [4.78, 5) is 26.7. The van der Waals surface area contributed by atoms with Gasteiger partial charge in [0.05, 0.1) is 18.0 Å². The maximum atomic E-state index is 13.9. The minimum atomic E-state index is -0.863. The van der Waals surface area contributed by atoms with E-state index >= 15 is 0 Å². The van der Waals surface area contributed by atoms with Crippen molar-refractivity contribution in [1.82, 2.24) is 15.5 Å². The van der Waals surface area contributed by atoms with Crippen LogP contribution < -0.4 is 5.48 Å². The molecule has 0 saturated heterocycles. The minimum Gasteiger partial charge on any atom is -0.288 e. The molecule has 0 atom stereocenters. The first-order valence-electron chi connectivity index (χ1n) is 6.59. The maximum absolute atomic E-state index is 13.9. The predicted octanol–water partition coefficient (Wildman–Crippen LogP) is 1.58. The zero-order valence-electron chi connectivity index (χ0n) is 12.4. The van der Waals surface area contributed by atoms with Crippen LogP contribution in [0.5, 0.6) is 0 Å². The third-order valence-corrected chi connectivity index (χ3v) is 3.03. The first-order chi connectivity index (χ1) is 11.4. The second-order valence-corrected chi connectivity index (χ2v) is 4.61. The van der Waals surface area contributed by atoms with Crippen molar-refractivity contribution in [3.8, 4) is 0 Å². The molecule has 0 unspecified atom stereocenters. The van der Waals surface area contributed by atoms with Gasteiger partial charge in [-0.1, -0.05) is 0 Å². The third kappa shape index (κ3) is 3.76. The number of hydrazone groups is 1. The first-order valence-corrected chi connectivity index (χ1v) is 6.59. The average Bonchev–Trinajstić information content (AvgIpc) is 2.59. The molecule has 2 amide bonds. The molecular formula is C15H12F2N4O3. The zero-order chi connectivity index (χ0) is 17.7. The van der Waals surface area contributed by atoms with Crippen LogP contribution in [0, 0.1) is 11.6 Å². The number of hydroxylamine groups is 1. The molecule has 0 spiro atoms. The topological polar surface area (TPSA) is 94.9 Å². The Hall–Kier alpha value is -3.20. The summed E-state index contributed by atoms with van der Waals surface area (Å²) in [6, 6.07) is 4.61. The Labute approximate surface area is 135 Å². The van der Waals surface area contributed by atoms with Crippen LogP contribution >= 0.6 is 0 Å². The number of carbonyl (C=O) groups excluding carboxylic acids is 2. The molecule has 0 saturated carbocycles. The fourth-order valence-electron chi connectivity index (χ4n) is 1.76. The molecule has 2 aromatic rings. The SMILES string of the molecule is CN(/N=C/c1ccc(C(=O)NO)cc1F)C(=O)c1ccncc1F. The van der Waals surface area contributed by atoms with E-state index in [0.717, 1.165) is 23.5 Å². The molecule has 1 aromatic carbocycles. The molecule has 0 aliphatic heterocycles. The number of rotatable bonds is 4. The van der Waals surface area contributed by atoms with Crippen LogP contribution in [-0.4, -0.2) is 40.3 Å². The van der Waals surface area contributed by atoms with E-state index < -0.39 is 23.4 Å². The van der Waals surface area contributed by atoms with Crippen LogP contribution in [0.1, 0.15) is 26.3 Å². The van der Waals surface area contributed by atoms with Gasteiger partial charge in [0.2, 0.25) is 0 Å². The number of carbonyl (C=O) groups is 2. The van der Waals surface area contributed by atoms with Crippen molar-refractivity contribution in [2.24, 2.45) is 5.10 Å². The second-order valence-electron chi connectivity index (χ2n) is 4.61. The summed E-state index contributed by atoms with van der Waals surface area (Å²) < 4.78 is 27.4. The van der Waals surface area contributed by atoms with Gasteiger partial charge in [-0.15, -0.1) is 0 Å². The molecule has 24 heavy (non-hydrogen) atoms. The highest BCUT2D eigenvalue weighted by Gasteiger charge is 2.15. The molecule has 0 fully saturated rings. The minimum absolute atomic E-state index is 0.000611. The fraction of sp³-hybridized carbons (Fsp3) is 0.0667. The highest BCUT2D eigenvalue weighted by Crippen LogP contribution is 2.11. The lowest BCUT2D eigenvalue weighted by Crippen LogP contribution is -2.22. The van der Waals surface area contributed by atoms with Crippen LogP contribution in [0.25, 0.3) is 0 Å². The van der Waals surface area contributed by atoms with Crippen molar-refractivity contribution in [3.05, 3.63) is 65.0 Å². The first kappa shape index (κ1) is 17.2. The van der Waals surface area contributed by atoms with E-state index in [0.29, 0.717) is 0 Å². The molecule has 0 aliphatic carbocycles. The van der Waals surface area contributed by atoms with Crippen LogP contribution in [0.4, 0.5) is 8.78 Å². The summed E-state index contributed by atoms with van der Waals surface area (Å²) in [7, 11) is 1.28. The third-order valence-electron chi connectivity index (χ3n) is 3.03. The largest absolute Gasteiger partial charge is 0.288 e. The number of benzene rings is 1. The van der Waals surface area contributed by atoms with Gasteiger partial charge in [-0.25, -0.2) is 19.3 Å².